The highest BCUT2D eigenvalue weighted by molar-refractivity contribution is 5.85. The molecule has 3 rings (SSSR count). The summed E-state index contributed by atoms with van der Waals surface area (Å²) < 4.78 is 22.0. The molecular weight excluding hydrogens is 352 g/mol. The molecule has 1 N–H and O–H groups in total. The minimum atomic E-state index is -1.39. The summed E-state index contributed by atoms with van der Waals surface area (Å²) in [5.74, 6) is 0.424. The lowest BCUT2D eigenvalue weighted by Crippen LogP contribution is -2.25. The molecule has 1 aromatic carbocycles. The quantitative estimate of drug-likeness (QED) is 0.610. The standard InChI is InChI=1S/C20H24O7/c1-11(2)18(27-20(22)23)14-10-16(21)26-19-12(3)15(8-7-13(14)19)25-17-6-4-5-9-24-17/h7-8,10-11,17-18H,4-6,9H2,1-3H3,(H,22,23). The fraction of sp³-hybridized carbons (Fsp3) is 0.500. The lowest BCUT2D eigenvalue weighted by atomic mass is 9.95. The van der Waals surface area contributed by atoms with Crippen molar-refractivity contribution in [1.29, 1.82) is 0 Å². The third-order valence-electron chi connectivity index (χ3n) is 4.68. The number of carboxylic acid groups (broad SMARTS) is 1. The summed E-state index contributed by atoms with van der Waals surface area (Å²) in [4.78, 5) is 23.2. The molecule has 0 radical (unpaired) electrons. The van der Waals surface area contributed by atoms with Crippen LogP contribution in [0.4, 0.5) is 4.79 Å². The van der Waals surface area contributed by atoms with E-state index in [1.807, 2.05) is 13.8 Å². The van der Waals surface area contributed by atoms with Crippen LogP contribution in [-0.2, 0) is 9.47 Å². The molecule has 27 heavy (non-hydrogen) atoms. The maximum absolute atomic E-state index is 12.1. The van der Waals surface area contributed by atoms with Crippen molar-refractivity contribution >= 4 is 17.1 Å². The average molecular weight is 376 g/mol. The monoisotopic (exact) mass is 376 g/mol. The van der Waals surface area contributed by atoms with Crippen molar-refractivity contribution in [3.63, 3.8) is 0 Å². The second-order valence-electron chi connectivity index (χ2n) is 7.05. The van der Waals surface area contributed by atoms with Gasteiger partial charge in [-0.2, -0.15) is 0 Å². The number of fused-ring (bicyclic) bond motifs is 1. The van der Waals surface area contributed by atoms with Gasteiger partial charge in [0.2, 0.25) is 0 Å². The van der Waals surface area contributed by atoms with Crippen LogP contribution in [0.1, 0.15) is 50.3 Å². The third-order valence-corrected chi connectivity index (χ3v) is 4.68. The van der Waals surface area contributed by atoms with Gasteiger partial charge in [0.05, 0.1) is 6.61 Å². The van der Waals surface area contributed by atoms with Crippen molar-refractivity contribution in [3.8, 4) is 5.75 Å². The van der Waals surface area contributed by atoms with Gasteiger partial charge >= 0.3 is 11.8 Å². The Balaban J connectivity index is 2.05. The molecular formula is C20H24O7. The molecule has 0 aliphatic carbocycles. The molecule has 7 heteroatoms. The van der Waals surface area contributed by atoms with Crippen LogP contribution in [0.15, 0.2) is 27.4 Å². The maximum atomic E-state index is 12.1. The van der Waals surface area contributed by atoms with Crippen LogP contribution in [0.5, 0.6) is 5.75 Å². The van der Waals surface area contributed by atoms with Crippen molar-refractivity contribution in [3.05, 3.63) is 39.7 Å². The van der Waals surface area contributed by atoms with Gasteiger partial charge < -0.3 is 23.7 Å². The molecule has 146 valence electrons. The fourth-order valence-electron chi connectivity index (χ4n) is 3.34. The molecule has 0 saturated carbocycles. The molecule has 1 aliphatic heterocycles. The Bertz CT molecular complexity index is 878. The minimum Gasteiger partial charge on any atom is -0.465 e. The Kier molecular flexibility index (Phi) is 5.70. The second-order valence-corrected chi connectivity index (χ2v) is 7.05. The summed E-state index contributed by atoms with van der Waals surface area (Å²) in [5, 5.41) is 9.69. The van der Waals surface area contributed by atoms with Gasteiger partial charge in [-0.1, -0.05) is 13.8 Å². The number of ether oxygens (including phenoxy) is 3. The zero-order valence-electron chi connectivity index (χ0n) is 15.7. The Morgan fingerprint density at radius 1 is 1.30 bits per heavy atom. The highest BCUT2D eigenvalue weighted by atomic mass is 16.7. The molecule has 0 bridgehead atoms. The molecule has 1 fully saturated rings. The van der Waals surface area contributed by atoms with Crippen molar-refractivity contribution in [1.82, 2.24) is 0 Å². The third kappa shape index (κ3) is 4.24. The summed E-state index contributed by atoms with van der Waals surface area (Å²) in [7, 11) is 0. The van der Waals surface area contributed by atoms with Crippen molar-refractivity contribution < 1.29 is 28.5 Å². The molecule has 2 unspecified atom stereocenters. The van der Waals surface area contributed by atoms with E-state index < -0.39 is 17.9 Å². The van der Waals surface area contributed by atoms with Crippen molar-refractivity contribution in [2.45, 2.75) is 52.4 Å². The van der Waals surface area contributed by atoms with Crippen molar-refractivity contribution in [2.75, 3.05) is 6.61 Å². The normalized spacial score (nSPS) is 18.4. The van der Waals surface area contributed by atoms with E-state index in [2.05, 4.69) is 0 Å². The zero-order chi connectivity index (χ0) is 19.6. The Labute approximate surface area is 156 Å². The maximum Gasteiger partial charge on any atom is 0.506 e. The van der Waals surface area contributed by atoms with E-state index in [1.54, 1.807) is 19.1 Å². The Hall–Kier alpha value is -2.54. The van der Waals surface area contributed by atoms with Crippen LogP contribution >= 0.6 is 0 Å². The van der Waals surface area contributed by atoms with Crippen LogP contribution in [0.2, 0.25) is 0 Å². The number of carbonyl (C=O) groups is 1. The average Bonchev–Trinajstić information content (AvgIpc) is 2.62. The predicted molar refractivity (Wildman–Crippen MR) is 98.1 cm³/mol. The number of hydrogen-bond donors (Lipinski definition) is 1. The van der Waals surface area contributed by atoms with Crippen LogP contribution in [0.3, 0.4) is 0 Å². The lowest BCUT2D eigenvalue weighted by molar-refractivity contribution is -0.106. The molecule has 1 aliphatic rings. The summed E-state index contributed by atoms with van der Waals surface area (Å²) in [6.45, 7) is 6.13. The lowest BCUT2D eigenvalue weighted by Gasteiger charge is -2.25. The Morgan fingerprint density at radius 3 is 2.70 bits per heavy atom. The summed E-state index contributed by atoms with van der Waals surface area (Å²) in [6.07, 6.45) is 0.393. The van der Waals surface area contributed by atoms with Gasteiger partial charge in [-0.3, -0.25) is 0 Å². The smallest absolute Gasteiger partial charge is 0.465 e. The van der Waals surface area contributed by atoms with E-state index >= 15 is 0 Å². The molecule has 2 heterocycles. The van der Waals surface area contributed by atoms with Gasteiger partial charge in [0.25, 0.3) is 0 Å². The van der Waals surface area contributed by atoms with Gasteiger partial charge in [0.1, 0.15) is 17.4 Å². The topological polar surface area (TPSA) is 95.2 Å². The predicted octanol–water partition coefficient (Wildman–Crippen LogP) is 4.40. The molecule has 0 amide bonds. The van der Waals surface area contributed by atoms with Gasteiger partial charge in [0.15, 0.2) is 6.29 Å². The van der Waals surface area contributed by atoms with E-state index in [0.29, 0.717) is 34.5 Å². The fourth-order valence-corrected chi connectivity index (χ4v) is 3.34. The number of benzene rings is 1. The van der Waals surface area contributed by atoms with E-state index in [0.717, 1.165) is 19.3 Å². The van der Waals surface area contributed by atoms with E-state index in [-0.39, 0.29) is 12.2 Å². The van der Waals surface area contributed by atoms with E-state index in [4.69, 9.17) is 23.7 Å². The molecule has 0 spiro atoms. The minimum absolute atomic E-state index is 0.155. The molecule has 2 aromatic rings. The Morgan fingerprint density at radius 2 is 2.07 bits per heavy atom. The van der Waals surface area contributed by atoms with E-state index in [9.17, 15) is 9.59 Å². The van der Waals surface area contributed by atoms with Gasteiger partial charge in [-0.15, -0.1) is 0 Å². The largest absolute Gasteiger partial charge is 0.506 e. The zero-order valence-corrected chi connectivity index (χ0v) is 15.7. The first kappa shape index (κ1) is 19.2. The highest BCUT2D eigenvalue weighted by Gasteiger charge is 2.25. The van der Waals surface area contributed by atoms with Gasteiger partial charge in [-0.05, 0) is 37.8 Å². The molecule has 2 atom stereocenters. The van der Waals surface area contributed by atoms with Gasteiger partial charge in [0, 0.05) is 29.0 Å². The second kappa shape index (κ2) is 8.00. The molecule has 1 aromatic heterocycles. The van der Waals surface area contributed by atoms with Crippen LogP contribution in [0.25, 0.3) is 11.0 Å². The summed E-state index contributed by atoms with van der Waals surface area (Å²) in [6, 6.07) is 4.84. The first-order valence-electron chi connectivity index (χ1n) is 9.12. The van der Waals surface area contributed by atoms with Gasteiger partial charge in [-0.25, -0.2) is 9.59 Å². The highest BCUT2D eigenvalue weighted by Crippen LogP contribution is 2.35. The molecule has 7 nitrogen and oxygen atoms in total. The van der Waals surface area contributed by atoms with Crippen molar-refractivity contribution in [2.24, 2.45) is 5.92 Å². The van der Waals surface area contributed by atoms with E-state index in [1.165, 1.54) is 6.07 Å². The summed E-state index contributed by atoms with van der Waals surface area (Å²) in [5.41, 5.74) is 0.956. The first-order chi connectivity index (χ1) is 12.9. The summed E-state index contributed by atoms with van der Waals surface area (Å²) >= 11 is 0. The SMILES string of the molecule is Cc1c(OC2CCCCO2)ccc2c(C(OC(=O)O)C(C)C)cc(=O)oc12. The van der Waals surface area contributed by atoms with Crippen LogP contribution < -0.4 is 10.4 Å². The van der Waals surface area contributed by atoms with Crippen LogP contribution in [0, 0.1) is 12.8 Å². The first-order valence-corrected chi connectivity index (χ1v) is 9.12. The number of aryl methyl sites for hydroxylation is 1. The number of hydrogen-bond acceptors (Lipinski definition) is 6. The molecule has 1 saturated heterocycles. The van der Waals surface area contributed by atoms with Crippen LogP contribution in [-0.4, -0.2) is 24.2 Å². The number of rotatable bonds is 5.